The number of aromatic hydroxyl groups is 2. The Hall–Kier alpha value is -2.49. The van der Waals surface area contributed by atoms with E-state index >= 15 is 0 Å². The van der Waals surface area contributed by atoms with Crippen LogP contribution in [0.4, 0.5) is 0 Å². The molecule has 0 saturated heterocycles. The molecule has 26 heavy (non-hydrogen) atoms. The molecule has 0 unspecified atom stereocenters. The molecule has 0 aliphatic heterocycles. The first-order valence-electron chi connectivity index (χ1n) is 8.62. The summed E-state index contributed by atoms with van der Waals surface area (Å²) in [6.07, 6.45) is 0. The third-order valence-electron chi connectivity index (χ3n) is 5.83. The molecule has 0 aliphatic carbocycles. The molecule has 0 bridgehead atoms. The predicted octanol–water partition coefficient (Wildman–Crippen LogP) is 5.26. The van der Waals surface area contributed by atoms with Gasteiger partial charge in [-0.1, -0.05) is 0 Å². The van der Waals surface area contributed by atoms with Crippen LogP contribution in [0.15, 0.2) is 0 Å². The van der Waals surface area contributed by atoms with Crippen LogP contribution in [0.5, 0.6) is 11.5 Å². The second-order valence-corrected chi connectivity index (χ2v) is 7.00. The maximum absolute atomic E-state index is 10.9. The molecular weight excluding hydrogens is 328 g/mol. The highest BCUT2D eigenvalue weighted by molar-refractivity contribution is 5.93. The highest BCUT2D eigenvalue weighted by Gasteiger charge is 2.19. The second kappa shape index (κ2) is 7.81. The van der Waals surface area contributed by atoms with Gasteiger partial charge in [-0.15, -0.1) is 0 Å². The van der Waals surface area contributed by atoms with Crippen molar-refractivity contribution in [2.75, 3.05) is 0 Å². The summed E-state index contributed by atoms with van der Waals surface area (Å²) in [6, 6.07) is 0. The SMILES string of the molecule is Cc1c(C)c(C)c(C(=O)O)c(O)c1C.Cc1c(C)c(C)c(O)c(C)c1C. The lowest BCUT2D eigenvalue weighted by Crippen LogP contribution is -2.05. The van der Waals surface area contributed by atoms with Crippen LogP contribution >= 0.6 is 0 Å². The zero-order valence-electron chi connectivity index (χ0n) is 17.2. The fourth-order valence-corrected chi connectivity index (χ4v) is 3.03. The summed E-state index contributed by atoms with van der Waals surface area (Å²) in [7, 11) is 0. The van der Waals surface area contributed by atoms with Gasteiger partial charge in [0.1, 0.15) is 17.1 Å². The number of carboxylic acids is 1. The van der Waals surface area contributed by atoms with E-state index < -0.39 is 5.97 Å². The number of phenolic OH excluding ortho intramolecular Hbond substituents is 1. The average molecular weight is 358 g/mol. The van der Waals surface area contributed by atoms with E-state index in [0.29, 0.717) is 16.9 Å². The number of aromatic carboxylic acids is 1. The van der Waals surface area contributed by atoms with Crippen molar-refractivity contribution in [3.05, 3.63) is 55.6 Å². The van der Waals surface area contributed by atoms with Crippen LogP contribution in [-0.4, -0.2) is 21.3 Å². The van der Waals surface area contributed by atoms with Gasteiger partial charge in [-0.25, -0.2) is 4.79 Å². The van der Waals surface area contributed by atoms with Gasteiger partial charge in [0.2, 0.25) is 0 Å². The first-order valence-corrected chi connectivity index (χ1v) is 8.62. The van der Waals surface area contributed by atoms with Gasteiger partial charge in [-0.05, 0) is 112 Å². The Balaban J connectivity index is 0.000000263. The monoisotopic (exact) mass is 358 g/mol. The predicted molar refractivity (Wildman–Crippen MR) is 106 cm³/mol. The third kappa shape index (κ3) is 3.69. The average Bonchev–Trinajstić information content (AvgIpc) is 2.60. The molecule has 2 rings (SSSR count). The summed E-state index contributed by atoms with van der Waals surface area (Å²) in [5.74, 6) is -0.736. The minimum atomic E-state index is -1.08. The summed E-state index contributed by atoms with van der Waals surface area (Å²) < 4.78 is 0. The Morgan fingerprint density at radius 2 is 0.769 bits per heavy atom. The molecule has 4 heteroatoms. The van der Waals surface area contributed by atoms with Gasteiger partial charge in [0, 0.05) is 0 Å². The normalized spacial score (nSPS) is 10.3. The first kappa shape index (κ1) is 21.6. The fourth-order valence-electron chi connectivity index (χ4n) is 3.03. The summed E-state index contributed by atoms with van der Waals surface area (Å²) >= 11 is 0. The summed E-state index contributed by atoms with van der Waals surface area (Å²) in [4.78, 5) is 10.9. The molecule has 142 valence electrons. The Morgan fingerprint density at radius 1 is 0.500 bits per heavy atom. The number of rotatable bonds is 1. The molecule has 2 aromatic rings. The molecular formula is C22H30O4. The second-order valence-electron chi connectivity index (χ2n) is 7.00. The maximum Gasteiger partial charge on any atom is 0.339 e. The maximum atomic E-state index is 10.9. The molecule has 0 saturated carbocycles. The van der Waals surface area contributed by atoms with E-state index in [4.69, 9.17) is 5.11 Å². The highest BCUT2D eigenvalue weighted by Crippen LogP contribution is 2.32. The lowest BCUT2D eigenvalue weighted by atomic mass is 9.93. The molecule has 0 amide bonds. The van der Waals surface area contributed by atoms with Crippen molar-refractivity contribution in [1.82, 2.24) is 0 Å². The van der Waals surface area contributed by atoms with Gasteiger partial charge in [-0.2, -0.15) is 0 Å². The third-order valence-corrected chi connectivity index (χ3v) is 5.83. The van der Waals surface area contributed by atoms with Gasteiger partial charge in [0.05, 0.1) is 0 Å². The van der Waals surface area contributed by atoms with Crippen molar-refractivity contribution in [3.63, 3.8) is 0 Å². The van der Waals surface area contributed by atoms with Gasteiger partial charge in [0.15, 0.2) is 0 Å². The van der Waals surface area contributed by atoms with Crippen LogP contribution in [0, 0.1) is 62.3 Å². The number of hydrogen-bond acceptors (Lipinski definition) is 3. The quantitative estimate of drug-likeness (QED) is 0.650. The molecule has 0 spiro atoms. The van der Waals surface area contributed by atoms with Crippen molar-refractivity contribution in [2.45, 2.75) is 62.3 Å². The van der Waals surface area contributed by atoms with Gasteiger partial charge in [0.25, 0.3) is 0 Å². The minimum Gasteiger partial charge on any atom is -0.507 e. The molecule has 0 fully saturated rings. The van der Waals surface area contributed by atoms with Crippen LogP contribution in [0.1, 0.15) is 60.4 Å². The molecule has 4 nitrogen and oxygen atoms in total. The molecule has 0 heterocycles. The van der Waals surface area contributed by atoms with Crippen molar-refractivity contribution >= 4 is 5.97 Å². The van der Waals surface area contributed by atoms with Crippen molar-refractivity contribution in [2.24, 2.45) is 0 Å². The number of hydrogen-bond donors (Lipinski definition) is 3. The van der Waals surface area contributed by atoms with Crippen LogP contribution < -0.4 is 0 Å². The van der Waals surface area contributed by atoms with Crippen molar-refractivity contribution in [1.29, 1.82) is 0 Å². The largest absolute Gasteiger partial charge is 0.507 e. The molecule has 2 aromatic carbocycles. The Labute approximate surface area is 156 Å². The van der Waals surface area contributed by atoms with Crippen molar-refractivity contribution < 1.29 is 20.1 Å². The van der Waals surface area contributed by atoms with E-state index in [0.717, 1.165) is 22.3 Å². The van der Waals surface area contributed by atoms with E-state index in [-0.39, 0.29) is 11.3 Å². The Kier molecular flexibility index (Phi) is 6.48. The lowest BCUT2D eigenvalue weighted by molar-refractivity contribution is 0.0692. The van der Waals surface area contributed by atoms with E-state index in [2.05, 4.69) is 20.8 Å². The van der Waals surface area contributed by atoms with Crippen molar-refractivity contribution in [3.8, 4) is 11.5 Å². The van der Waals surface area contributed by atoms with Crippen LogP contribution in [0.3, 0.4) is 0 Å². The molecule has 0 atom stereocenters. The number of benzene rings is 2. The van der Waals surface area contributed by atoms with Gasteiger partial charge in [-0.3, -0.25) is 0 Å². The molecule has 3 N–H and O–H groups in total. The molecule has 0 aliphatic rings. The number of carbonyl (C=O) groups is 1. The van der Waals surface area contributed by atoms with Crippen LogP contribution in [0.2, 0.25) is 0 Å². The van der Waals surface area contributed by atoms with E-state index in [1.165, 1.54) is 16.7 Å². The number of carboxylic acid groups (broad SMARTS) is 1. The molecule has 0 radical (unpaired) electrons. The standard InChI is InChI=1S/C11H14O3.C11H16O/c1-5-6(2)8(4)10(12)9(7(5)3)11(13)14;1-6-7(2)9(4)11(12)10(5)8(6)3/h12H,1-4H3,(H,13,14);12H,1-5H3. The smallest absolute Gasteiger partial charge is 0.339 e. The number of phenols is 2. The Bertz CT molecular complexity index is 743. The van der Waals surface area contributed by atoms with Gasteiger partial charge < -0.3 is 15.3 Å². The summed E-state index contributed by atoms with van der Waals surface area (Å²) in [6.45, 7) is 17.3. The van der Waals surface area contributed by atoms with Gasteiger partial charge >= 0.3 is 5.97 Å². The zero-order valence-corrected chi connectivity index (χ0v) is 17.2. The topological polar surface area (TPSA) is 77.8 Å². The summed E-state index contributed by atoms with van der Waals surface area (Å²) in [5.41, 5.74) is 8.90. The lowest BCUT2D eigenvalue weighted by Gasteiger charge is -2.14. The van der Waals surface area contributed by atoms with Crippen LogP contribution in [-0.2, 0) is 0 Å². The Morgan fingerprint density at radius 3 is 1.12 bits per heavy atom. The van der Waals surface area contributed by atoms with E-state index in [1.54, 1.807) is 13.8 Å². The zero-order chi connectivity index (χ0) is 20.5. The van der Waals surface area contributed by atoms with E-state index in [1.807, 2.05) is 27.7 Å². The minimum absolute atomic E-state index is 0.0191. The molecule has 0 aromatic heterocycles. The van der Waals surface area contributed by atoms with E-state index in [9.17, 15) is 15.0 Å². The summed E-state index contributed by atoms with van der Waals surface area (Å²) in [5, 5.41) is 28.3. The first-order chi connectivity index (χ1) is 11.8. The van der Waals surface area contributed by atoms with Crippen LogP contribution in [0.25, 0.3) is 0 Å². The highest BCUT2D eigenvalue weighted by atomic mass is 16.4. The fraction of sp³-hybridized carbons (Fsp3) is 0.409.